The maximum atomic E-state index is 13.4. The lowest BCUT2D eigenvalue weighted by atomic mass is 10.2. The Morgan fingerprint density at radius 1 is 0.684 bits per heavy atom. The van der Waals surface area contributed by atoms with Crippen molar-refractivity contribution in [1.82, 2.24) is 9.97 Å². The molecule has 214 valence electrons. The van der Waals surface area contributed by atoms with Crippen molar-refractivity contribution in [2.24, 2.45) is 0 Å². The molecule has 1 aromatic carbocycles. The zero-order valence-corrected chi connectivity index (χ0v) is 18.6. The Kier molecular flexibility index (Phi) is 9.71. The topological polar surface area (TPSA) is 82.9 Å². The van der Waals surface area contributed by atoms with Crippen molar-refractivity contribution in [1.29, 1.82) is 0 Å². The molecule has 18 heteroatoms. The van der Waals surface area contributed by atoms with E-state index < -0.39 is 43.8 Å². The SMILES string of the molecule is Oc1cnc(-c2ccc(OCCCCOCC(F)(F)OC(F)(F)C(F)(F)OC(F)(F)C(F)(F)F)cc2)nc1. The highest BCUT2D eigenvalue weighted by Gasteiger charge is 2.72. The lowest BCUT2D eigenvalue weighted by Gasteiger charge is -2.31. The highest BCUT2D eigenvalue weighted by molar-refractivity contribution is 5.56. The van der Waals surface area contributed by atoms with Gasteiger partial charge in [0.05, 0.1) is 19.0 Å². The summed E-state index contributed by atoms with van der Waals surface area (Å²) in [7, 11) is 0. The second-order valence-electron chi connectivity index (χ2n) is 7.29. The number of hydrogen-bond donors (Lipinski definition) is 1. The molecule has 1 N–H and O–H groups in total. The molecule has 0 aliphatic carbocycles. The molecule has 0 bridgehead atoms. The van der Waals surface area contributed by atoms with E-state index in [1.165, 1.54) is 12.4 Å². The number of aromatic hydroxyl groups is 1. The van der Waals surface area contributed by atoms with Gasteiger partial charge in [0.2, 0.25) is 0 Å². The first kappa shape index (κ1) is 31.2. The number of hydrogen-bond acceptors (Lipinski definition) is 7. The van der Waals surface area contributed by atoms with Crippen LogP contribution in [0.2, 0.25) is 0 Å². The van der Waals surface area contributed by atoms with Crippen LogP contribution in [0.25, 0.3) is 11.4 Å². The number of rotatable bonds is 14. The maximum absolute atomic E-state index is 13.4. The van der Waals surface area contributed by atoms with Crippen molar-refractivity contribution in [2.75, 3.05) is 19.8 Å². The number of unbranched alkanes of at least 4 members (excludes halogenated alkanes) is 1. The predicted octanol–water partition coefficient (Wildman–Crippen LogP) is 5.99. The summed E-state index contributed by atoms with van der Waals surface area (Å²) in [6, 6.07) is 6.34. The number of ether oxygens (including phenoxy) is 4. The Morgan fingerprint density at radius 2 is 1.21 bits per heavy atom. The Hall–Kier alpha value is -2.99. The third kappa shape index (κ3) is 8.80. The first-order valence-corrected chi connectivity index (χ1v) is 10.2. The van der Waals surface area contributed by atoms with Crippen LogP contribution in [-0.4, -0.2) is 65.5 Å². The zero-order valence-electron chi connectivity index (χ0n) is 18.6. The summed E-state index contributed by atoms with van der Waals surface area (Å²) >= 11 is 0. The molecular weight excluding hydrogens is 557 g/mol. The molecule has 0 atom stereocenters. The van der Waals surface area contributed by atoms with Gasteiger partial charge in [-0.3, -0.25) is 0 Å². The Balaban J connectivity index is 1.72. The molecule has 7 nitrogen and oxygen atoms in total. The molecule has 0 aliphatic heterocycles. The summed E-state index contributed by atoms with van der Waals surface area (Å²) in [6.45, 7) is -2.56. The average molecular weight is 574 g/mol. The van der Waals surface area contributed by atoms with E-state index in [0.29, 0.717) is 17.1 Å². The fourth-order valence-electron chi connectivity index (χ4n) is 2.41. The van der Waals surface area contributed by atoms with Gasteiger partial charge in [-0.2, -0.15) is 48.3 Å². The third-order valence-electron chi connectivity index (χ3n) is 4.18. The number of aromatic nitrogens is 2. The minimum Gasteiger partial charge on any atom is -0.505 e. The van der Waals surface area contributed by atoms with Crippen molar-refractivity contribution in [3.8, 4) is 22.9 Å². The normalized spacial score (nSPS) is 13.6. The lowest BCUT2D eigenvalue weighted by Crippen LogP contribution is -2.55. The Labute approximate surface area is 206 Å². The minimum absolute atomic E-state index is 0.00296. The molecule has 0 fully saturated rings. The molecule has 2 rings (SSSR count). The number of nitrogens with zero attached hydrogens (tertiary/aromatic N) is 2. The van der Waals surface area contributed by atoms with Gasteiger partial charge in [-0.05, 0) is 37.1 Å². The minimum atomic E-state index is -6.84. The smallest absolute Gasteiger partial charge is 0.483 e. The summed E-state index contributed by atoms with van der Waals surface area (Å²) in [5.41, 5.74) is 0.609. The quantitative estimate of drug-likeness (QED) is 0.219. The molecule has 2 aromatic rings. The van der Waals surface area contributed by atoms with Crippen LogP contribution in [0.5, 0.6) is 11.5 Å². The highest BCUT2D eigenvalue weighted by atomic mass is 19.4. The van der Waals surface area contributed by atoms with Gasteiger partial charge in [-0.25, -0.2) is 19.4 Å². The van der Waals surface area contributed by atoms with E-state index in [2.05, 4.69) is 19.4 Å². The molecular formula is C20H17F11N2O5. The van der Waals surface area contributed by atoms with Gasteiger partial charge >= 0.3 is 30.6 Å². The standard InChI is InChI=1S/C20H17F11N2O5/c21-16(22,37-19(28,29)20(30,31)38-18(26,27)17(23,24)25)11-35-7-1-2-8-36-14-5-3-12(4-6-14)15-32-9-13(34)10-33-15/h3-6,9-10,34H,1-2,7-8,11H2. The number of alkyl halides is 11. The molecule has 38 heavy (non-hydrogen) atoms. The number of halogens is 11. The van der Waals surface area contributed by atoms with Crippen LogP contribution in [0.4, 0.5) is 48.3 Å². The van der Waals surface area contributed by atoms with Crippen molar-refractivity contribution >= 4 is 0 Å². The van der Waals surface area contributed by atoms with Crippen LogP contribution >= 0.6 is 0 Å². The monoisotopic (exact) mass is 574 g/mol. The molecule has 0 spiro atoms. The fraction of sp³-hybridized carbons (Fsp3) is 0.500. The largest absolute Gasteiger partial charge is 0.505 e. The van der Waals surface area contributed by atoms with E-state index in [1.807, 2.05) is 0 Å². The van der Waals surface area contributed by atoms with E-state index in [1.54, 1.807) is 29.0 Å². The van der Waals surface area contributed by atoms with E-state index in [9.17, 15) is 53.4 Å². The van der Waals surface area contributed by atoms with Crippen molar-refractivity contribution in [3.63, 3.8) is 0 Å². The predicted molar refractivity (Wildman–Crippen MR) is 103 cm³/mol. The van der Waals surface area contributed by atoms with E-state index in [0.717, 1.165) is 0 Å². The Bertz CT molecular complexity index is 1020. The van der Waals surface area contributed by atoms with Gasteiger partial charge in [-0.15, -0.1) is 0 Å². The highest BCUT2D eigenvalue weighted by Crippen LogP contribution is 2.47. The van der Waals surface area contributed by atoms with Crippen LogP contribution in [0, 0.1) is 0 Å². The van der Waals surface area contributed by atoms with E-state index in [4.69, 9.17) is 4.74 Å². The second-order valence-corrected chi connectivity index (χ2v) is 7.29. The first-order chi connectivity index (χ1) is 17.4. The third-order valence-corrected chi connectivity index (χ3v) is 4.18. The molecule has 0 unspecified atom stereocenters. The van der Waals surface area contributed by atoms with Crippen molar-refractivity contribution < 1.29 is 72.3 Å². The lowest BCUT2D eigenvalue weighted by molar-refractivity contribution is -0.537. The molecule has 0 amide bonds. The molecule has 0 saturated carbocycles. The van der Waals surface area contributed by atoms with Gasteiger partial charge < -0.3 is 14.6 Å². The van der Waals surface area contributed by atoms with Crippen molar-refractivity contribution in [2.45, 2.75) is 43.5 Å². The van der Waals surface area contributed by atoms with Gasteiger partial charge in [0.1, 0.15) is 12.4 Å². The summed E-state index contributed by atoms with van der Waals surface area (Å²) < 4.78 is 154. The van der Waals surface area contributed by atoms with Crippen LogP contribution < -0.4 is 4.74 Å². The van der Waals surface area contributed by atoms with Crippen molar-refractivity contribution in [3.05, 3.63) is 36.7 Å². The van der Waals surface area contributed by atoms with E-state index >= 15 is 0 Å². The van der Waals surface area contributed by atoms with Gasteiger partial charge in [0.15, 0.2) is 11.6 Å². The van der Waals surface area contributed by atoms with E-state index in [-0.39, 0.29) is 25.2 Å². The zero-order chi connectivity index (χ0) is 28.8. The average Bonchev–Trinajstić information content (AvgIpc) is 2.77. The van der Waals surface area contributed by atoms with Crippen LogP contribution in [0.3, 0.4) is 0 Å². The maximum Gasteiger partial charge on any atom is 0.483 e. The summed E-state index contributed by atoms with van der Waals surface area (Å²) in [6.07, 6.45) is -29.6. The Morgan fingerprint density at radius 3 is 1.76 bits per heavy atom. The van der Waals surface area contributed by atoms with Crippen LogP contribution in [-0.2, 0) is 14.2 Å². The summed E-state index contributed by atoms with van der Waals surface area (Å²) in [4.78, 5) is 7.84. The second kappa shape index (κ2) is 11.8. The number of benzene rings is 1. The van der Waals surface area contributed by atoms with Gasteiger partial charge in [0.25, 0.3) is 0 Å². The summed E-state index contributed by atoms with van der Waals surface area (Å²) in [5, 5.41) is 9.18. The fourth-order valence-corrected chi connectivity index (χ4v) is 2.41. The molecule has 0 aliphatic rings. The molecule has 0 saturated heterocycles. The molecule has 0 radical (unpaired) electrons. The van der Waals surface area contributed by atoms with Gasteiger partial charge in [0, 0.05) is 12.2 Å². The van der Waals surface area contributed by atoms with Crippen LogP contribution in [0.15, 0.2) is 36.7 Å². The molecule has 1 heterocycles. The van der Waals surface area contributed by atoms with Crippen LogP contribution in [0.1, 0.15) is 12.8 Å². The molecule has 1 aromatic heterocycles. The first-order valence-electron chi connectivity index (χ1n) is 10.2. The summed E-state index contributed by atoms with van der Waals surface area (Å²) in [5.74, 6) is 0.616. The van der Waals surface area contributed by atoms with Gasteiger partial charge in [-0.1, -0.05) is 0 Å².